The van der Waals surface area contributed by atoms with Gasteiger partial charge in [-0.05, 0) is 38.3 Å². The lowest BCUT2D eigenvalue weighted by molar-refractivity contribution is -0.383. The molecule has 1 aromatic rings. The van der Waals surface area contributed by atoms with Crippen LogP contribution in [-0.2, 0) is 0 Å². The number of nitro groups is 1. The van der Waals surface area contributed by atoms with Crippen LogP contribution in [0.1, 0.15) is 26.2 Å². The molecule has 110 valence electrons. The maximum absolute atomic E-state index is 11.4. The molecule has 20 heavy (non-hydrogen) atoms. The summed E-state index contributed by atoms with van der Waals surface area (Å²) in [5, 5.41) is 24.0. The van der Waals surface area contributed by atoms with Crippen molar-refractivity contribution in [3.8, 4) is 0 Å². The van der Waals surface area contributed by atoms with Gasteiger partial charge >= 0.3 is 5.69 Å². The van der Waals surface area contributed by atoms with Crippen LogP contribution in [0.5, 0.6) is 0 Å². The molecule has 0 aromatic heterocycles. The smallest absolute Gasteiger partial charge is 0.315 e. The van der Waals surface area contributed by atoms with E-state index in [9.17, 15) is 15.2 Å². The Morgan fingerprint density at radius 2 is 2.30 bits per heavy atom. The van der Waals surface area contributed by atoms with E-state index in [2.05, 4.69) is 5.32 Å². The Morgan fingerprint density at radius 3 is 2.95 bits per heavy atom. The molecule has 0 spiro atoms. The summed E-state index contributed by atoms with van der Waals surface area (Å²) in [5.41, 5.74) is 1.25. The van der Waals surface area contributed by atoms with E-state index in [0.717, 1.165) is 25.8 Å². The number of nitrogens with zero attached hydrogens (tertiary/aromatic N) is 2. The molecule has 1 atom stereocenters. The molecule has 1 aliphatic heterocycles. The van der Waals surface area contributed by atoms with Gasteiger partial charge in [0.1, 0.15) is 11.4 Å². The second-order valence-electron chi connectivity index (χ2n) is 4.99. The van der Waals surface area contributed by atoms with Gasteiger partial charge in [-0.2, -0.15) is 0 Å². The zero-order valence-electron chi connectivity index (χ0n) is 11.7. The van der Waals surface area contributed by atoms with Gasteiger partial charge in [0, 0.05) is 13.1 Å². The third-order valence-corrected chi connectivity index (χ3v) is 3.71. The highest BCUT2D eigenvalue weighted by molar-refractivity contribution is 5.77. The zero-order chi connectivity index (χ0) is 14.5. The number of hydrogen-bond acceptors (Lipinski definition) is 5. The first kappa shape index (κ1) is 14.6. The summed E-state index contributed by atoms with van der Waals surface area (Å²) in [7, 11) is 0. The molecule has 6 heteroatoms. The van der Waals surface area contributed by atoms with E-state index in [1.807, 2.05) is 17.9 Å². The third-order valence-electron chi connectivity index (χ3n) is 3.71. The van der Waals surface area contributed by atoms with Crippen molar-refractivity contribution in [2.45, 2.75) is 32.2 Å². The summed E-state index contributed by atoms with van der Waals surface area (Å²) in [6, 6.07) is 5.29. The van der Waals surface area contributed by atoms with Crippen molar-refractivity contribution in [2.75, 3.05) is 29.9 Å². The number of aliphatic hydroxyl groups excluding tert-OH is 1. The van der Waals surface area contributed by atoms with E-state index in [1.54, 1.807) is 12.1 Å². The highest BCUT2D eigenvalue weighted by Crippen LogP contribution is 2.38. The Kier molecular flexibility index (Phi) is 4.79. The number of benzene rings is 1. The highest BCUT2D eigenvalue weighted by Gasteiger charge is 2.29. The largest absolute Gasteiger partial charge is 0.394 e. The lowest BCUT2D eigenvalue weighted by atomic mass is 10.0. The van der Waals surface area contributed by atoms with Gasteiger partial charge in [-0.3, -0.25) is 10.1 Å². The zero-order valence-corrected chi connectivity index (χ0v) is 11.7. The average Bonchev–Trinajstić information content (AvgIpc) is 2.47. The summed E-state index contributed by atoms with van der Waals surface area (Å²) >= 11 is 0. The lowest BCUT2D eigenvalue weighted by Gasteiger charge is -2.36. The molecule has 0 bridgehead atoms. The van der Waals surface area contributed by atoms with Crippen molar-refractivity contribution in [1.29, 1.82) is 0 Å². The Hall–Kier alpha value is -1.82. The molecule has 0 aliphatic carbocycles. The average molecular weight is 279 g/mol. The first-order chi connectivity index (χ1) is 9.69. The maximum Gasteiger partial charge on any atom is 0.315 e. The predicted octanol–water partition coefficient (Wildman–Crippen LogP) is 2.38. The molecule has 0 amide bonds. The van der Waals surface area contributed by atoms with Gasteiger partial charge in [0.25, 0.3) is 0 Å². The van der Waals surface area contributed by atoms with Crippen LogP contribution >= 0.6 is 0 Å². The Labute approximate surface area is 118 Å². The second kappa shape index (κ2) is 6.56. The first-order valence-electron chi connectivity index (χ1n) is 7.07. The minimum atomic E-state index is -0.337. The standard InChI is InChI=1S/C14H21N3O3/c1-2-15-12-7-5-8-13(14(12)17(19)20)16-9-4-3-6-11(16)10-18/h5,7-8,11,15,18H,2-4,6,9-10H2,1H3. The molecule has 2 N–H and O–H groups in total. The topological polar surface area (TPSA) is 78.6 Å². The Balaban J connectivity index is 2.43. The molecule has 0 radical (unpaired) electrons. The van der Waals surface area contributed by atoms with Gasteiger partial charge in [-0.15, -0.1) is 0 Å². The van der Waals surface area contributed by atoms with Crippen LogP contribution in [0, 0.1) is 10.1 Å². The van der Waals surface area contributed by atoms with Gasteiger partial charge in [0.2, 0.25) is 0 Å². The number of anilines is 2. The minimum Gasteiger partial charge on any atom is -0.394 e. The summed E-state index contributed by atoms with van der Waals surface area (Å²) in [6.45, 7) is 3.33. The van der Waals surface area contributed by atoms with Crippen molar-refractivity contribution in [3.05, 3.63) is 28.3 Å². The molecule has 1 fully saturated rings. The van der Waals surface area contributed by atoms with Crippen LogP contribution in [-0.4, -0.2) is 35.8 Å². The molecule has 2 rings (SSSR count). The number of para-hydroxylation sites is 1. The monoisotopic (exact) mass is 279 g/mol. The van der Waals surface area contributed by atoms with E-state index in [-0.39, 0.29) is 23.3 Å². The normalized spacial score (nSPS) is 18.9. The van der Waals surface area contributed by atoms with Crippen molar-refractivity contribution in [3.63, 3.8) is 0 Å². The molecule has 1 heterocycles. The van der Waals surface area contributed by atoms with Crippen molar-refractivity contribution < 1.29 is 10.0 Å². The number of hydrogen-bond donors (Lipinski definition) is 2. The molecule has 1 aromatic carbocycles. The van der Waals surface area contributed by atoms with Crippen LogP contribution in [0.3, 0.4) is 0 Å². The number of rotatable bonds is 5. The number of nitrogens with one attached hydrogen (secondary N) is 1. The fraction of sp³-hybridized carbons (Fsp3) is 0.571. The molecule has 1 aliphatic rings. The second-order valence-corrected chi connectivity index (χ2v) is 4.99. The van der Waals surface area contributed by atoms with Crippen LogP contribution < -0.4 is 10.2 Å². The quantitative estimate of drug-likeness (QED) is 0.639. The van der Waals surface area contributed by atoms with Crippen LogP contribution in [0.4, 0.5) is 17.1 Å². The maximum atomic E-state index is 11.4. The van der Waals surface area contributed by atoms with E-state index in [0.29, 0.717) is 17.9 Å². The molecule has 1 unspecified atom stereocenters. The third kappa shape index (κ3) is 2.85. The molecule has 1 saturated heterocycles. The Bertz CT molecular complexity index is 479. The highest BCUT2D eigenvalue weighted by atomic mass is 16.6. The number of piperidine rings is 1. The van der Waals surface area contributed by atoms with Gasteiger partial charge in [-0.1, -0.05) is 6.07 Å². The first-order valence-corrected chi connectivity index (χ1v) is 7.07. The molecule has 0 saturated carbocycles. The lowest BCUT2D eigenvalue weighted by Crippen LogP contribution is -2.42. The van der Waals surface area contributed by atoms with Crippen molar-refractivity contribution in [1.82, 2.24) is 0 Å². The van der Waals surface area contributed by atoms with E-state index in [4.69, 9.17) is 0 Å². The number of aliphatic hydroxyl groups is 1. The van der Waals surface area contributed by atoms with Gasteiger partial charge < -0.3 is 15.3 Å². The van der Waals surface area contributed by atoms with Gasteiger partial charge in [0.05, 0.1) is 17.6 Å². The van der Waals surface area contributed by atoms with Gasteiger partial charge in [0.15, 0.2) is 0 Å². The fourth-order valence-electron chi connectivity index (χ4n) is 2.80. The van der Waals surface area contributed by atoms with Crippen molar-refractivity contribution in [2.24, 2.45) is 0 Å². The summed E-state index contributed by atoms with van der Waals surface area (Å²) in [4.78, 5) is 13.1. The van der Waals surface area contributed by atoms with E-state index < -0.39 is 0 Å². The predicted molar refractivity (Wildman–Crippen MR) is 79.3 cm³/mol. The van der Waals surface area contributed by atoms with Crippen LogP contribution in [0.2, 0.25) is 0 Å². The van der Waals surface area contributed by atoms with Gasteiger partial charge in [-0.25, -0.2) is 0 Å². The summed E-state index contributed by atoms with van der Waals surface area (Å²) in [6.07, 6.45) is 2.93. The Morgan fingerprint density at radius 1 is 1.50 bits per heavy atom. The molecular formula is C14H21N3O3. The molecular weight excluding hydrogens is 258 g/mol. The fourth-order valence-corrected chi connectivity index (χ4v) is 2.80. The summed E-state index contributed by atoms with van der Waals surface area (Å²) < 4.78 is 0. The van der Waals surface area contributed by atoms with Crippen LogP contribution in [0.25, 0.3) is 0 Å². The number of nitro benzene ring substituents is 1. The van der Waals surface area contributed by atoms with E-state index >= 15 is 0 Å². The van der Waals surface area contributed by atoms with Crippen molar-refractivity contribution >= 4 is 17.1 Å². The SMILES string of the molecule is CCNc1cccc(N2CCCCC2CO)c1[N+](=O)[O-]. The minimum absolute atomic E-state index is 0.0284. The summed E-state index contributed by atoms with van der Waals surface area (Å²) in [5.74, 6) is 0. The van der Waals surface area contributed by atoms with Crippen LogP contribution in [0.15, 0.2) is 18.2 Å². The van der Waals surface area contributed by atoms with E-state index in [1.165, 1.54) is 0 Å². The molecule has 6 nitrogen and oxygen atoms in total.